The molecule has 0 aromatic heterocycles. The molecule has 0 radical (unpaired) electrons. The fraction of sp³-hybridized carbons (Fsp3) is 0.929. The van der Waals surface area contributed by atoms with Gasteiger partial charge in [-0.3, -0.25) is 4.99 Å². The van der Waals surface area contributed by atoms with Crippen LogP contribution in [0.25, 0.3) is 0 Å². The third-order valence-electron chi connectivity index (χ3n) is 2.83. The van der Waals surface area contributed by atoms with E-state index in [1.165, 1.54) is 0 Å². The van der Waals surface area contributed by atoms with Gasteiger partial charge in [0.1, 0.15) is 0 Å². The first kappa shape index (κ1) is 16.2. The first-order valence-corrected chi connectivity index (χ1v) is 7.10. The molecular weight excluding hydrogens is 242 g/mol. The Morgan fingerprint density at radius 3 is 2.79 bits per heavy atom. The standard InChI is InChI=1S/C14H29N3O2/c1-6-15-13(16-11-14(2,3)4)17-7-8-19-12(9-17)10-18-5/h12H,6-11H2,1-5H3,(H,15,16). The maximum atomic E-state index is 5.67. The predicted molar refractivity (Wildman–Crippen MR) is 78.6 cm³/mol. The highest BCUT2D eigenvalue weighted by molar-refractivity contribution is 5.80. The summed E-state index contributed by atoms with van der Waals surface area (Å²) in [6.45, 7) is 13.5. The van der Waals surface area contributed by atoms with Crippen molar-refractivity contribution in [3.63, 3.8) is 0 Å². The molecule has 0 aromatic rings. The van der Waals surface area contributed by atoms with Crippen LogP contribution in [0.4, 0.5) is 0 Å². The van der Waals surface area contributed by atoms with Gasteiger partial charge in [-0.25, -0.2) is 0 Å². The third-order valence-corrected chi connectivity index (χ3v) is 2.83. The summed E-state index contributed by atoms with van der Waals surface area (Å²) in [5, 5.41) is 3.37. The molecule has 0 aromatic carbocycles. The van der Waals surface area contributed by atoms with Gasteiger partial charge in [-0.2, -0.15) is 0 Å². The molecule has 19 heavy (non-hydrogen) atoms. The van der Waals surface area contributed by atoms with Crippen molar-refractivity contribution in [2.24, 2.45) is 10.4 Å². The Morgan fingerprint density at radius 1 is 1.47 bits per heavy atom. The van der Waals surface area contributed by atoms with Crippen molar-refractivity contribution in [1.29, 1.82) is 0 Å². The molecule has 112 valence electrons. The van der Waals surface area contributed by atoms with E-state index in [1.54, 1.807) is 7.11 Å². The molecule has 0 bridgehead atoms. The van der Waals surface area contributed by atoms with Crippen molar-refractivity contribution in [3.05, 3.63) is 0 Å². The van der Waals surface area contributed by atoms with Crippen LogP contribution in [0.1, 0.15) is 27.7 Å². The molecule has 1 heterocycles. The summed E-state index contributed by atoms with van der Waals surface area (Å²) < 4.78 is 10.8. The lowest BCUT2D eigenvalue weighted by molar-refractivity contribution is -0.0447. The molecule has 0 saturated carbocycles. The predicted octanol–water partition coefficient (Wildman–Crippen LogP) is 1.35. The minimum atomic E-state index is 0.136. The van der Waals surface area contributed by atoms with Crippen molar-refractivity contribution in [3.8, 4) is 0 Å². The van der Waals surface area contributed by atoms with Crippen LogP contribution >= 0.6 is 0 Å². The molecule has 5 heteroatoms. The molecule has 1 saturated heterocycles. The lowest BCUT2D eigenvalue weighted by atomic mass is 9.97. The van der Waals surface area contributed by atoms with Gasteiger partial charge in [0.2, 0.25) is 0 Å². The number of methoxy groups -OCH3 is 1. The highest BCUT2D eigenvalue weighted by Gasteiger charge is 2.23. The molecule has 0 aliphatic carbocycles. The summed E-state index contributed by atoms with van der Waals surface area (Å²) in [5.74, 6) is 0.988. The summed E-state index contributed by atoms with van der Waals surface area (Å²) in [6.07, 6.45) is 0.136. The van der Waals surface area contributed by atoms with Crippen LogP contribution < -0.4 is 5.32 Å². The van der Waals surface area contributed by atoms with Crippen molar-refractivity contribution in [2.45, 2.75) is 33.8 Å². The molecule has 1 N–H and O–H groups in total. The Labute approximate surface area is 117 Å². The number of hydrogen-bond acceptors (Lipinski definition) is 3. The first-order valence-electron chi connectivity index (χ1n) is 7.10. The van der Waals surface area contributed by atoms with Crippen LogP contribution in [-0.2, 0) is 9.47 Å². The Hall–Kier alpha value is -0.810. The van der Waals surface area contributed by atoms with Gasteiger partial charge >= 0.3 is 0 Å². The number of rotatable bonds is 4. The summed E-state index contributed by atoms with van der Waals surface area (Å²) in [6, 6.07) is 0. The van der Waals surface area contributed by atoms with Crippen LogP contribution in [0.2, 0.25) is 0 Å². The largest absolute Gasteiger partial charge is 0.382 e. The first-order chi connectivity index (χ1) is 8.96. The van der Waals surface area contributed by atoms with E-state index in [4.69, 9.17) is 14.5 Å². The Bertz CT molecular complexity index is 285. The van der Waals surface area contributed by atoms with Gasteiger partial charge in [-0.15, -0.1) is 0 Å². The van der Waals surface area contributed by atoms with E-state index in [-0.39, 0.29) is 11.5 Å². The number of nitrogens with one attached hydrogen (secondary N) is 1. The molecule has 1 atom stereocenters. The van der Waals surface area contributed by atoms with Crippen molar-refractivity contribution in [1.82, 2.24) is 10.2 Å². The van der Waals surface area contributed by atoms with E-state index in [2.05, 4.69) is 37.9 Å². The molecule has 0 amide bonds. The van der Waals surface area contributed by atoms with Gasteiger partial charge in [0.15, 0.2) is 5.96 Å². The number of hydrogen-bond donors (Lipinski definition) is 1. The second kappa shape index (κ2) is 7.70. The molecule has 5 nitrogen and oxygen atoms in total. The van der Waals surface area contributed by atoms with Gasteiger partial charge < -0.3 is 19.7 Å². The number of nitrogens with zero attached hydrogens (tertiary/aromatic N) is 2. The fourth-order valence-corrected chi connectivity index (χ4v) is 1.94. The van der Waals surface area contributed by atoms with Gasteiger partial charge in [0, 0.05) is 33.3 Å². The molecule has 1 unspecified atom stereocenters. The summed E-state index contributed by atoms with van der Waals surface area (Å²) >= 11 is 0. The van der Waals surface area contributed by atoms with Crippen molar-refractivity contribution in [2.75, 3.05) is 46.5 Å². The van der Waals surface area contributed by atoms with E-state index < -0.39 is 0 Å². The maximum absolute atomic E-state index is 5.67. The number of guanidine groups is 1. The average Bonchev–Trinajstić information content (AvgIpc) is 2.34. The van der Waals surface area contributed by atoms with Gasteiger partial charge in [-0.05, 0) is 12.3 Å². The third kappa shape index (κ3) is 6.25. The monoisotopic (exact) mass is 271 g/mol. The topological polar surface area (TPSA) is 46.1 Å². The van der Waals surface area contributed by atoms with Crippen LogP contribution in [0.3, 0.4) is 0 Å². The second-order valence-electron chi connectivity index (χ2n) is 6.12. The Kier molecular flexibility index (Phi) is 6.58. The highest BCUT2D eigenvalue weighted by Crippen LogP contribution is 2.13. The van der Waals surface area contributed by atoms with E-state index in [0.29, 0.717) is 6.61 Å². The molecular formula is C14H29N3O2. The van der Waals surface area contributed by atoms with Crippen LogP contribution in [-0.4, -0.2) is 63.5 Å². The number of aliphatic imine (C=N–C) groups is 1. The maximum Gasteiger partial charge on any atom is 0.194 e. The van der Waals surface area contributed by atoms with Crippen molar-refractivity contribution >= 4 is 5.96 Å². The average molecular weight is 271 g/mol. The minimum absolute atomic E-state index is 0.136. The van der Waals surface area contributed by atoms with E-state index in [9.17, 15) is 0 Å². The number of morpholine rings is 1. The lowest BCUT2D eigenvalue weighted by Crippen LogP contribution is -2.51. The Balaban J connectivity index is 2.64. The summed E-state index contributed by atoms with van der Waals surface area (Å²) in [7, 11) is 1.71. The van der Waals surface area contributed by atoms with Crippen LogP contribution in [0.15, 0.2) is 4.99 Å². The molecule has 1 rings (SSSR count). The van der Waals surface area contributed by atoms with Crippen LogP contribution in [0, 0.1) is 5.41 Å². The SMILES string of the molecule is CCNC(=NCC(C)(C)C)N1CCOC(COC)C1. The summed E-state index contributed by atoms with van der Waals surface area (Å²) in [4.78, 5) is 7.00. The highest BCUT2D eigenvalue weighted by atomic mass is 16.5. The van der Waals surface area contributed by atoms with E-state index in [0.717, 1.165) is 38.7 Å². The molecule has 1 fully saturated rings. The molecule has 0 spiro atoms. The number of ether oxygens (including phenoxy) is 2. The fourth-order valence-electron chi connectivity index (χ4n) is 1.94. The van der Waals surface area contributed by atoms with Crippen molar-refractivity contribution < 1.29 is 9.47 Å². The van der Waals surface area contributed by atoms with Gasteiger partial charge in [0.05, 0.1) is 19.3 Å². The quantitative estimate of drug-likeness (QED) is 0.619. The smallest absolute Gasteiger partial charge is 0.194 e. The molecule has 1 aliphatic heterocycles. The molecule has 1 aliphatic rings. The van der Waals surface area contributed by atoms with Crippen LogP contribution in [0.5, 0.6) is 0 Å². The van der Waals surface area contributed by atoms with E-state index in [1.807, 2.05) is 0 Å². The van der Waals surface area contributed by atoms with Gasteiger partial charge in [0.25, 0.3) is 0 Å². The minimum Gasteiger partial charge on any atom is -0.382 e. The van der Waals surface area contributed by atoms with E-state index >= 15 is 0 Å². The zero-order valence-electron chi connectivity index (χ0n) is 13.0. The Morgan fingerprint density at radius 2 is 2.21 bits per heavy atom. The summed E-state index contributed by atoms with van der Waals surface area (Å²) in [5.41, 5.74) is 0.207. The lowest BCUT2D eigenvalue weighted by Gasteiger charge is -2.35. The van der Waals surface area contributed by atoms with Gasteiger partial charge in [-0.1, -0.05) is 20.8 Å². The normalized spacial score (nSPS) is 21.6. The zero-order chi connectivity index (χ0) is 14.3. The zero-order valence-corrected chi connectivity index (χ0v) is 13.0. The second-order valence-corrected chi connectivity index (χ2v) is 6.12.